The summed E-state index contributed by atoms with van der Waals surface area (Å²) in [6.07, 6.45) is 12.2. The predicted molar refractivity (Wildman–Crippen MR) is 208 cm³/mol. The molecular formula is C44H46Br2N2+2. The van der Waals surface area contributed by atoms with Gasteiger partial charge in [-0.05, 0) is 37.1 Å². The van der Waals surface area contributed by atoms with Gasteiger partial charge >= 0.3 is 0 Å². The Hall–Kier alpha value is -4.06. The van der Waals surface area contributed by atoms with Gasteiger partial charge in [-0.3, -0.25) is 0 Å². The van der Waals surface area contributed by atoms with Crippen LogP contribution in [-0.4, -0.2) is 10.7 Å². The van der Waals surface area contributed by atoms with E-state index in [1.165, 1.54) is 11.4 Å². The third-order valence-electron chi connectivity index (χ3n) is 7.35. The lowest BCUT2D eigenvalue weighted by Crippen LogP contribution is -2.36. The number of hydrogen-bond donors (Lipinski definition) is 0. The molecule has 0 aliphatic rings. The van der Waals surface area contributed by atoms with E-state index in [-0.39, 0.29) is 0 Å². The second-order valence-corrected chi connectivity index (χ2v) is 12.7. The topological polar surface area (TPSA) is 7.76 Å². The van der Waals surface area contributed by atoms with Crippen LogP contribution < -0.4 is 9.13 Å². The summed E-state index contributed by atoms with van der Waals surface area (Å²) in [5, 5.41) is 2.02. The van der Waals surface area contributed by atoms with E-state index in [0.29, 0.717) is 0 Å². The second kappa shape index (κ2) is 24.1. The first-order valence-electron chi connectivity index (χ1n) is 16.8. The molecule has 0 saturated carbocycles. The Bertz CT molecular complexity index is 1680. The van der Waals surface area contributed by atoms with E-state index in [1.54, 1.807) is 0 Å². The Kier molecular flexibility index (Phi) is 19.3. The minimum absolute atomic E-state index is 0.886. The van der Waals surface area contributed by atoms with Crippen molar-refractivity contribution in [2.24, 2.45) is 0 Å². The Morgan fingerprint density at radius 1 is 0.438 bits per heavy atom. The number of hydrogen-bond acceptors (Lipinski definition) is 0. The van der Waals surface area contributed by atoms with Gasteiger partial charge in [-0.25, -0.2) is 9.13 Å². The van der Waals surface area contributed by atoms with Crippen LogP contribution in [0.3, 0.4) is 0 Å². The molecule has 4 aromatic rings. The zero-order valence-corrected chi connectivity index (χ0v) is 31.5. The monoisotopic (exact) mass is 760 g/mol. The van der Waals surface area contributed by atoms with E-state index in [9.17, 15) is 0 Å². The van der Waals surface area contributed by atoms with Crippen molar-refractivity contribution in [3.63, 3.8) is 0 Å². The highest BCUT2D eigenvalue weighted by Gasteiger charge is 2.03. The van der Waals surface area contributed by atoms with E-state index >= 15 is 0 Å². The minimum Gasteiger partial charge on any atom is -0.203 e. The van der Waals surface area contributed by atoms with Crippen molar-refractivity contribution >= 4 is 31.9 Å². The highest BCUT2D eigenvalue weighted by molar-refractivity contribution is 9.09. The van der Waals surface area contributed by atoms with Crippen LogP contribution in [0.5, 0.6) is 0 Å². The number of aryl methyl sites for hydroxylation is 4. The minimum atomic E-state index is 0.886. The van der Waals surface area contributed by atoms with Gasteiger partial charge in [-0.1, -0.05) is 116 Å². The van der Waals surface area contributed by atoms with Gasteiger partial charge < -0.3 is 0 Å². The van der Waals surface area contributed by atoms with Crippen molar-refractivity contribution in [2.75, 3.05) is 10.7 Å². The molecule has 0 unspecified atom stereocenters. The first-order chi connectivity index (χ1) is 23.6. The van der Waals surface area contributed by atoms with Crippen LogP contribution in [0.1, 0.15) is 85.0 Å². The molecule has 0 radical (unpaired) electrons. The van der Waals surface area contributed by atoms with Gasteiger partial charge in [0, 0.05) is 110 Å². The lowest BCUT2D eigenvalue weighted by molar-refractivity contribution is -0.703. The molecule has 0 fully saturated rings. The van der Waals surface area contributed by atoms with Crippen LogP contribution in [0.4, 0.5) is 0 Å². The Labute approximate surface area is 306 Å². The van der Waals surface area contributed by atoms with E-state index in [0.717, 1.165) is 97.4 Å². The Morgan fingerprint density at radius 3 is 1.06 bits per heavy atom. The number of benzene rings is 2. The van der Waals surface area contributed by atoms with Gasteiger partial charge in [-0.15, -0.1) is 0 Å². The maximum atomic E-state index is 3.41. The fraction of sp³-hybridized carbons (Fsp3) is 0.318. The number of pyridine rings is 2. The van der Waals surface area contributed by atoms with Gasteiger partial charge in [-0.2, -0.15) is 0 Å². The van der Waals surface area contributed by atoms with Crippen molar-refractivity contribution in [1.29, 1.82) is 0 Å². The van der Waals surface area contributed by atoms with Crippen LogP contribution in [0.2, 0.25) is 0 Å². The maximum absolute atomic E-state index is 3.41. The third-order valence-corrected chi connectivity index (χ3v) is 8.48. The molecule has 0 atom stereocenters. The predicted octanol–water partition coefficient (Wildman–Crippen LogP) is 9.28. The highest BCUT2D eigenvalue weighted by Crippen LogP contribution is 2.07. The van der Waals surface area contributed by atoms with Crippen molar-refractivity contribution < 1.29 is 9.13 Å². The highest BCUT2D eigenvalue weighted by atomic mass is 79.9. The molecule has 0 saturated heterocycles. The molecule has 244 valence electrons. The number of nitrogens with zero attached hydrogens (tertiary/aromatic N) is 2. The maximum Gasteiger partial charge on any atom is 0.178 e. The summed E-state index contributed by atoms with van der Waals surface area (Å²) in [4.78, 5) is 0. The largest absolute Gasteiger partial charge is 0.203 e. The number of rotatable bonds is 10. The molecule has 2 nitrogen and oxygen atoms in total. The molecule has 48 heavy (non-hydrogen) atoms. The molecule has 0 amide bonds. The lowest BCUT2D eigenvalue weighted by atomic mass is 10.1. The molecule has 4 heteroatoms. The van der Waals surface area contributed by atoms with Crippen LogP contribution >= 0.6 is 31.9 Å². The van der Waals surface area contributed by atoms with E-state index in [4.69, 9.17) is 0 Å². The standard InChI is InChI=1S/C28H30N2.C16H16Br2/c1-25-15-9-13-23-29(25)21-11-3-5-17-27-19-7-8-20-28(27)18-6-4-12-22-30-24-14-10-16-26(30)2;17-13-7-1-3-9-15-11-5-6-12-16(15)10-4-2-8-14-18/h7-10,13-16,19-20,23-24H,3-4,11-12,21-22H2,1-2H3;5-6,11-12H,1-2,7-8,13-14H2/q+2;. The Balaban J connectivity index is 0.000000297. The smallest absolute Gasteiger partial charge is 0.178 e. The quantitative estimate of drug-likeness (QED) is 0.0659. The van der Waals surface area contributed by atoms with Crippen molar-refractivity contribution in [3.05, 3.63) is 131 Å². The van der Waals surface area contributed by atoms with Crippen LogP contribution in [-0.2, 0) is 13.1 Å². The first kappa shape index (κ1) is 38.4. The first-order valence-corrected chi connectivity index (χ1v) is 19.0. The second-order valence-electron chi connectivity index (χ2n) is 11.2. The zero-order valence-electron chi connectivity index (χ0n) is 28.4. The fourth-order valence-electron chi connectivity index (χ4n) is 4.64. The van der Waals surface area contributed by atoms with Crippen molar-refractivity contribution in [1.82, 2.24) is 0 Å². The molecule has 2 aromatic heterocycles. The summed E-state index contributed by atoms with van der Waals surface area (Å²) >= 11 is 6.81. The molecule has 0 spiro atoms. The van der Waals surface area contributed by atoms with Crippen LogP contribution in [0.15, 0.2) is 97.3 Å². The summed E-state index contributed by atoms with van der Waals surface area (Å²) in [5.41, 5.74) is 6.71. The zero-order chi connectivity index (χ0) is 34.1. The van der Waals surface area contributed by atoms with Gasteiger partial charge in [0.25, 0.3) is 0 Å². The van der Waals surface area contributed by atoms with Gasteiger partial charge in [0.15, 0.2) is 23.8 Å². The molecule has 2 aromatic carbocycles. The summed E-state index contributed by atoms with van der Waals surface area (Å²) in [6, 6.07) is 28.9. The molecule has 4 rings (SSSR count). The number of alkyl halides is 2. The van der Waals surface area contributed by atoms with Gasteiger partial charge in [0.05, 0.1) is 0 Å². The summed E-state index contributed by atoms with van der Waals surface area (Å²) in [6.45, 7) is 6.28. The summed E-state index contributed by atoms with van der Waals surface area (Å²) < 4.78 is 4.55. The number of halogens is 2. The average Bonchev–Trinajstić information content (AvgIpc) is 3.11. The lowest BCUT2D eigenvalue weighted by Gasteiger charge is -1.98. The molecule has 0 aliphatic carbocycles. The number of unbranched alkanes of at least 4 members (excludes halogenated alkanes) is 4. The SMILES string of the molecule is BrCCCC#Cc1ccccc1C#CCCCBr.Cc1cccc[n+]1CCCC#Cc1ccccc1C#CCCC[n+]1ccccc1C. The molecule has 0 N–H and O–H groups in total. The summed E-state index contributed by atoms with van der Waals surface area (Å²) in [7, 11) is 0. The molecule has 0 bridgehead atoms. The van der Waals surface area contributed by atoms with Gasteiger partial charge in [0.1, 0.15) is 13.1 Å². The average molecular weight is 763 g/mol. The molecular weight excluding hydrogens is 716 g/mol. The van der Waals surface area contributed by atoms with Gasteiger partial charge in [0.2, 0.25) is 0 Å². The summed E-state index contributed by atoms with van der Waals surface area (Å²) in [5.74, 6) is 26.1. The normalized spacial score (nSPS) is 9.58. The van der Waals surface area contributed by atoms with E-state index in [2.05, 4.69) is 163 Å². The van der Waals surface area contributed by atoms with Crippen molar-refractivity contribution in [2.45, 2.75) is 78.3 Å². The fourth-order valence-corrected chi connectivity index (χ4v) is 5.21. The van der Waals surface area contributed by atoms with Crippen LogP contribution in [0.25, 0.3) is 0 Å². The van der Waals surface area contributed by atoms with Crippen molar-refractivity contribution in [3.8, 4) is 47.4 Å². The van der Waals surface area contributed by atoms with Crippen LogP contribution in [0, 0.1) is 61.2 Å². The Morgan fingerprint density at radius 2 is 0.750 bits per heavy atom. The molecule has 0 aliphatic heterocycles. The molecule has 2 heterocycles. The number of aromatic nitrogens is 2. The third kappa shape index (κ3) is 15.2. The van der Waals surface area contributed by atoms with E-state index < -0.39 is 0 Å². The van der Waals surface area contributed by atoms with E-state index in [1.807, 2.05) is 36.4 Å².